The fourth-order valence-electron chi connectivity index (χ4n) is 5.80. The highest BCUT2D eigenvalue weighted by Crippen LogP contribution is 2.49. The predicted molar refractivity (Wildman–Crippen MR) is 123 cm³/mol. The fraction of sp³-hybridized carbons (Fsp3) is 0.500. The summed E-state index contributed by atoms with van der Waals surface area (Å²) in [4.78, 5) is 25.4. The average Bonchev–Trinajstić information content (AvgIpc) is 3.37. The number of benzene rings is 1. The number of rotatable bonds is 5. The molecule has 2 aliphatic heterocycles. The fourth-order valence-corrected chi connectivity index (χ4v) is 6.44. The maximum absolute atomic E-state index is 12.9. The molecular formula is C24H28N4O3S. The van der Waals surface area contributed by atoms with E-state index in [1.807, 2.05) is 23.7 Å². The van der Waals surface area contributed by atoms with E-state index in [0.29, 0.717) is 12.5 Å². The molecule has 0 unspecified atom stereocenters. The highest BCUT2D eigenvalue weighted by molar-refractivity contribution is 7.09. The molecule has 1 aliphatic carbocycles. The minimum absolute atomic E-state index is 0.0309. The van der Waals surface area contributed by atoms with Crippen LogP contribution in [0.15, 0.2) is 29.8 Å². The van der Waals surface area contributed by atoms with Crippen LogP contribution in [0, 0.1) is 5.92 Å². The van der Waals surface area contributed by atoms with Gasteiger partial charge in [0, 0.05) is 65.2 Å². The van der Waals surface area contributed by atoms with Gasteiger partial charge in [-0.2, -0.15) is 0 Å². The molecule has 2 N–H and O–H groups in total. The molecule has 3 aromatic rings. The van der Waals surface area contributed by atoms with Crippen molar-refractivity contribution in [3.63, 3.8) is 0 Å². The van der Waals surface area contributed by atoms with Crippen LogP contribution in [-0.4, -0.2) is 64.1 Å². The molecule has 1 saturated heterocycles. The van der Waals surface area contributed by atoms with E-state index in [1.54, 1.807) is 18.4 Å². The third-order valence-corrected chi connectivity index (χ3v) is 8.36. The number of H-pyrrole nitrogens is 1. The molecule has 1 saturated carbocycles. The first kappa shape index (κ1) is 20.2. The Kier molecular flexibility index (Phi) is 4.78. The lowest BCUT2D eigenvalue weighted by molar-refractivity contribution is -0.148. The lowest BCUT2D eigenvalue weighted by Gasteiger charge is -2.57. The summed E-state index contributed by atoms with van der Waals surface area (Å²) in [6.07, 6.45) is 5.06. The number of amides is 1. The van der Waals surface area contributed by atoms with E-state index in [0.717, 1.165) is 54.4 Å². The smallest absolute Gasteiger partial charge is 0.225 e. The summed E-state index contributed by atoms with van der Waals surface area (Å²) >= 11 is 1.64. The summed E-state index contributed by atoms with van der Waals surface area (Å²) in [5.74, 6) is 1.35. The quantitative estimate of drug-likeness (QED) is 0.622. The Balaban J connectivity index is 1.41. The van der Waals surface area contributed by atoms with Crippen LogP contribution >= 0.6 is 11.3 Å². The number of aliphatic hydroxyl groups is 1. The van der Waals surface area contributed by atoms with Crippen molar-refractivity contribution in [2.75, 3.05) is 33.4 Å². The molecule has 0 bridgehead atoms. The van der Waals surface area contributed by atoms with Gasteiger partial charge in [-0.05, 0) is 30.5 Å². The number of aliphatic hydroxyl groups excluding tert-OH is 1. The number of fused-ring (bicyclic) bond motifs is 4. The summed E-state index contributed by atoms with van der Waals surface area (Å²) in [5, 5.41) is 14.6. The molecule has 168 valence electrons. The van der Waals surface area contributed by atoms with Gasteiger partial charge >= 0.3 is 0 Å². The molecule has 32 heavy (non-hydrogen) atoms. The van der Waals surface area contributed by atoms with E-state index < -0.39 is 0 Å². The number of thiazole rings is 1. The van der Waals surface area contributed by atoms with Crippen LogP contribution in [0.5, 0.6) is 5.75 Å². The van der Waals surface area contributed by atoms with Gasteiger partial charge < -0.3 is 19.7 Å². The first-order valence-electron chi connectivity index (χ1n) is 11.3. The number of aromatic nitrogens is 2. The Morgan fingerprint density at radius 3 is 2.84 bits per heavy atom. The van der Waals surface area contributed by atoms with Gasteiger partial charge in [-0.15, -0.1) is 11.3 Å². The molecule has 1 amide bonds. The van der Waals surface area contributed by atoms with Gasteiger partial charge in [0.15, 0.2) is 0 Å². The molecule has 2 fully saturated rings. The van der Waals surface area contributed by atoms with E-state index in [2.05, 4.69) is 25.8 Å². The van der Waals surface area contributed by atoms with Gasteiger partial charge in [0.05, 0.1) is 26.3 Å². The molecule has 7 nitrogen and oxygen atoms in total. The molecule has 4 heterocycles. The zero-order valence-corrected chi connectivity index (χ0v) is 19.0. The number of carbonyl (C=O) groups is 1. The highest BCUT2D eigenvalue weighted by Gasteiger charge is 2.54. The van der Waals surface area contributed by atoms with Crippen LogP contribution in [0.1, 0.15) is 41.6 Å². The maximum Gasteiger partial charge on any atom is 0.225 e. The standard InChI is InChI=1S/C24H28N4O3S/c1-31-16-5-6-17-18(9-16)26-22-19(11-29)27(10-20-25-7-8-32-20)12-24(21(17)22)13-28(14-24)23(30)15-3-2-4-15/h5-9,15,19,26,29H,2-4,10-14H2,1H3/t19-/m1/s1. The molecule has 3 aliphatic rings. The number of nitrogens with one attached hydrogen (secondary N) is 1. The van der Waals surface area contributed by atoms with Gasteiger partial charge in [0.2, 0.25) is 5.91 Å². The first-order chi connectivity index (χ1) is 15.6. The third-order valence-electron chi connectivity index (χ3n) is 7.59. The predicted octanol–water partition coefficient (Wildman–Crippen LogP) is 3.06. The summed E-state index contributed by atoms with van der Waals surface area (Å²) in [6, 6.07) is 6.01. The van der Waals surface area contributed by atoms with Gasteiger partial charge in [-0.3, -0.25) is 9.69 Å². The van der Waals surface area contributed by atoms with Gasteiger partial charge in [-0.25, -0.2) is 4.98 Å². The Labute approximate surface area is 191 Å². The van der Waals surface area contributed by atoms with Crippen molar-refractivity contribution in [3.8, 4) is 5.75 Å². The van der Waals surface area contributed by atoms with Crippen molar-refractivity contribution in [2.45, 2.75) is 37.3 Å². The van der Waals surface area contributed by atoms with Crippen molar-refractivity contribution in [1.82, 2.24) is 19.8 Å². The van der Waals surface area contributed by atoms with E-state index in [4.69, 9.17) is 4.74 Å². The Hall–Kier alpha value is -2.42. The summed E-state index contributed by atoms with van der Waals surface area (Å²) in [5.41, 5.74) is 3.22. The summed E-state index contributed by atoms with van der Waals surface area (Å²) in [7, 11) is 1.67. The number of hydrogen-bond acceptors (Lipinski definition) is 6. The molecule has 1 spiro atoms. The molecule has 6 rings (SSSR count). The van der Waals surface area contributed by atoms with Crippen molar-refractivity contribution >= 4 is 28.1 Å². The van der Waals surface area contributed by atoms with E-state index in [1.165, 1.54) is 17.4 Å². The molecule has 8 heteroatoms. The number of hydrogen-bond donors (Lipinski definition) is 2. The van der Waals surface area contributed by atoms with Gasteiger partial charge in [0.25, 0.3) is 0 Å². The number of likely N-dealkylation sites (tertiary alicyclic amines) is 1. The van der Waals surface area contributed by atoms with Crippen LogP contribution in [0.2, 0.25) is 0 Å². The van der Waals surface area contributed by atoms with Crippen LogP contribution in [-0.2, 0) is 16.8 Å². The lowest BCUT2D eigenvalue weighted by atomic mass is 9.68. The average molecular weight is 453 g/mol. The number of methoxy groups -OCH3 is 1. The third kappa shape index (κ3) is 3.00. The van der Waals surface area contributed by atoms with E-state index >= 15 is 0 Å². The largest absolute Gasteiger partial charge is 0.497 e. The molecule has 0 radical (unpaired) electrons. The van der Waals surface area contributed by atoms with E-state index in [9.17, 15) is 9.90 Å². The normalized spacial score (nSPS) is 22.6. The molecular weight excluding hydrogens is 424 g/mol. The minimum Gasteiger partial charge on any atom is -0.497 e. The number of aromatic amines is 1. The summed E-state index contributed by atoms with van der Waals surface area (Å²) in [6.45, 7) is 3.00. The highest BCUT2D eigenvalue weighted by atomic mass is 32.1. The Bertz CT molecular complexity index is 1150. The zero-order chi connectivity index (χ0) is 21.9. The molecule has 1 atom stereocenters. The van der Waals surface area contributed by atoms with Crippen LogP contribution in [0.4, 0.5) is 0 Å². The topological polar surface area (TPSA) is 81.7 Å². The second-order valence-corrected chi connectivity index (χ2v) is 10.4. The zero-order valence-electron chi connectivity index (χ0n) is 18.2. The Morgan fingerprint density at radius 2 is 2.19 bits per heavy atom. The van der Waals surface area contributed by atoms with Gasteiger partial charge in [-0.1, -0.05) is 6.42 Å². The lowest BCUT2D eigenvalue weighted by Crippen LogP contribution is -2.68. The van der Waals surface area contributed by atoms with Gasteiger partial charge in [0.1, 0.15) is 10.8 Å². The Morgan fingerprint density at radius 1 is 1.34 bits per heavy atom. The van der Waals surface area contributed by atoms with Crippen molar-refractivity contribution in [3.05, 3.63) is 46.0 Å². The van der Waals surface area contributed by atoms with Crippen molar-refractivity contribution in [1.29, 1.82) is 0 Å². The second kappa shape index (κ2) is 7.57. The van der Waals surface area contributed by atoms with Crippen LogP contribution in [0.25, 0.3) is 10.9 Å². The first-order valence-corrected chi connectivity index (χ1v) is 12.2. The number of ether oxygens (including phenoxy) is 1. The van der Waals surface area contributed by atoms with Crippen LogP contribution in [0.3, 0.4) is 0 Å². The molecule has 2 aromatic heterocycles. The number of carbonyl (C=O) groups excluding carboxylic acids is 1. The van der Waals surface area contributed by atoms with E-state index in [-0.39, 0.29) is 24.0 Å². The van der Waals surface area contributed by atoms with Crippen LogP contribution < -0.4 is 4.74 Å². The van der Waals surface area contributed by atoms with Crippen molar-refractivity contribution in [2.24, 2.45) is 5.92 Å². The number of nitrogens with zero attached hydrogens (tertiary/aromatic N) is 3. The monoisotopic (exact) mass is 452 g/mol. The molecule has 1 aromatic carbocycles. The van der Waals surface area contributed by atoms with Crippen molar-refractivity contribution < 1.29 is 14.6 Å². The maximum atomic E-state index is 12.9. The SMILES string of the molecule is COc1ccc2c3c([nH]c2c1)[C@@H](CO)N(Cc1nccs1)CC31CN(C(=O)C2CCC2)C1. The summed E-state index contributed by atoms with van der Waals surface area (Å²) < 4.78 is 5.45. The second-order valence-electron chi connectivity index (χ2n) is 9.46. The minimum atomic E-state index is -0.134.